The Morgan fingerprint density at radius 1 is 0.724 bits per heavy atom. The van der Waals surface area contributed by atoms with Crippen LogP contribution in [0.15, 0.2) is 30.3 Å². The van der Waals surface area contributed by atoms with E-state index in [1.165, 1.54) is 84.2 Å². The molecule has 3 nitrogen and oxygen atoms in total. The molecule has 1 unspecified atom stereocenters. The van der Waals surface area contributed by atoms with Gasteiger partial charge >= 0.3 is 5.97 Å². The van der Waals surface area contributed by atoms with Crippen LogP contribution in [0.2, 0.25) is 0 Å². The third-order valence-electron chi connectivity index (χ3n) is 5.99. The quantitative estimate of drug-likeness (QED) is 0.187. The van der Waals surface area contributed by atoms with Crippen LogP contribution in [0.25, 0.3) is 0 Å². The summed E-state index contributed by atoms with van der Waals surface area (Å²) >= 11 is 0. The van der Waals surface area contributed by atoms with Crippen molar-refractivity contribution in [3.63, 3.8) is 0 Å². The second kappa shape index (κ2) is 16.4. The summed E-state index contributed by atoms with van der Waals surface area (Å²) in [6.07, 6.45) is 19.2. The van der Waals surface area contributed by atoms with Gasteiger partial charge in [0.05, 0.1) is 7.11 Å². The molecule has 0 saturated heterocycles. The van der Waals surface area contributed by atoms with Gasteiger partial charge in [0.15, 0.2) is 5.60 Å². The van der Waals surface area contributed by atoms with Crippen LogP contribution >= 0.6 is 0 Å². The van der Waals surface area contributed by atoms with E-state index in [4.69, 9.17) is 9.47 Å². The molecule has 0 heterocycles. The molecule has 0 aliphatic carbocycles. The fourth-order valence-electron chi connectivity index (χ4n) is 4.11. The van der Waals surface area contributed by atoms with Crippen molar-refractivity contribution in [2.24, 2.45) is 0 Å². The average molecular weight is 405 g/mol. The normalized spacial score (nSPS) is 13.2. The van der Waals surface area contributed by atoms with Gasteiger partial charge in [0, 0.05) is 7.11 Å². The minimum absolute atomic E-state index is 0.305. The topological polar surface area (TPSA) is 35.5 Å². The Kier molecular flexibility index (Phi) is 14.6. The number of hydrogen-bond donors (Lipinski definition) is 0. The van der Waals surface area contributed by atoms with E-state index in [9.17, 15) is 4.79 Å². The number of methoxy groups -OCH3 is 2. The zero-order valence-corrected chi connectivity index (χ0v) is 19.2. The highest BCUT2D eigenvalue weighted by Crippen LogP contribution is 2.32. The molecule has 1 rings (SSSR count). The van der Waals surface area contributed by atoms with Crippen LogP contribution in [-0.4, -0.2) is 20.2 Å². The molecule has 1 atom stereocenters. The highest BCUT2D eigenvalue weighted by molar-refractivity contribution is 5.81. The van der Waals surface area contributed by atoms with Gasteiger partial charge < -0.3 is 9.47 Å². The van der Waals surface area contributed by atoms with Gasteiger partial charge in [-0.2, -0.15) is 0 Å². The van der Waals surface area contributed by atoms with Crippen molar-refractivity contribution < 1.29 is 14.3 Å². The lowest BCUT2D eigenvalue weighted by Crippen LogP contribution is -2.39. The highest BCUT2D eigenvalue weighted by Gasteiger charge is 2.41. The number of hydrogen-bond acceptors (Lipinski definition) is 3. The minimum Gasteiger partial charge on any atom is -0.467 e. The molecule has 0 N–H and O–H groups in total. The van der Waals surface area contributed by atoms with Gasteiger partial charge in [0.1, 0.15) is 0 Å². The Morgan fingerprint density at radius 2 is 1.17 bits per heavy atom. The van der Waals surface area contributed by atoms with E-state index in [1.807, 2.05) is 30.3 Å². The van der Waals surface area contributed by atoms with Crippen LogP contribution in [0.1, 0.15) is 109 Å². The average Bonchev–Trinajstić information content (AvgIpc) is 2.77. The molecule has 0 aliphatic heterocycles. The zero-order valence-electron chi connectivity index (χ0n) is 19.2. The lowest BCUT2D eigenvalue weighted by atomic mass is 9.87. The predicted octanol–water partition coefficient (Wildman–Crippen LogP) is 7.57. The van der Waals surface area contributed by atoms with Crippen LogP contribution in [-0.2, 0) is 19.9 Å². The maximum Gasteiger partial charge on any atom is 0.342 e. The number of benzene rings is 1. The van der Waals surface area contributed by atoms with Crippen molar-refractivity contribution in [1.29, 1.82) is 0 Å². The fourth-order valence-corrected chi connectivity index (χ4v) is 4.11. The van der Waals surface area contributed by atoms with Crippen LogP contribution in [0.5, 0.6) is 0 Å². The van der Waals surface area contributed by atoms with E-state index in [1.54, 1.807) is 7.11 Å². The van der Waals surface area contributed by atoms with Crippen LogP contribution in [0.3, 0.4) is 0 Å². The molecule has 1 aromatic carbocycles. The monoisotopic (exact) mass is 404 g/mol. The van der Waals surface area contributed by atoms with Gasteiger partial charge in [0.2, 0.25) is 0 Å². The largest absolute Gasteiger partial charge is 0.467 e. The number of ether oxygens (including phenoxy) is 2. The van der Waals surface area contributed by atoms with E-state index in [0.717, 1.165) is 18.4 Å². The molecule has 0 saturated carbocycles. The van der Waals surface area contributed by atoms with Crippen molar-refractivity contribution >= 4 is 5.97 Å². The first-order valence-corrected chi connectivity index (χ1v) is 11.9. The van der Waals surface area contributed by atoms with Crippen molar-refractivity contribution in [2.45, 2.75) is 109 Å². The SMILES string of the molecule is CCCCCCCCCCCCCCCCC(OC)(C(=O)OC)c1ccccc1. The minimum atomic E-state index is -0.979. The summed E-state index contributed by atoms with van der Waals surface area (Å²) in [6, 6.07) is 9.73. The number of esters is 1. The molecule has 0 spiro atoms. The Labute approximate surface area is 179 Å². The summed E-state index contributed by atoms with van der Waals surface area (Å²) in [5.41, 5.74) is -0.100. The molecule has 1 aromatic rings. The summed E-state index contributed by atoms with van der Waals surface area (Å²) in [6.45, 7) is 2.27. The lowest BCUT2D eigenvalue weighted by Gasteiger charge is -2.30. The van der Waals surface area contributed by atoms with Crippen LogP contribution < -0.4 is 0 Å². The van der Waals surface area contributed by atoms with E-state index in [2.05, 4.69) is 6.92 Å². The van der Waals surface area contributed by atoms with Crippen molar-refractivity contribution in [3.8, 4) is 0 Å². The molecule has 0 amide bonds. The second-order valence-corrected chi connectivity index (χ2v) is 8.23. The molecular formula is C26H44O3. The number of unbranched alkanes of at least 4 members (excludes halogenated alkanes) is 13. The van der Waals surface area contributed by atoms with Crippen molar-refractivity contribution in [1.82, 2.24) is 0 Å². The molecule has 29 heavy (non-hydrogen) atoms. The van der Waals surface area contributed by atoms with Gasteiger partial charge in [0.25, 0.3) is 0 Å². The van der Waals surface area contributed by atoms with Crippen molar-refractivity contribution in [2.75, 3.05) is 14.2 Å². The first-order valence-electron chi connectivity index (χ1n) is 11.9. The molecule has 3 heteroatoms. The summed E-state index contributed by atoms with van der Waals surface area (Å²) in [7, 11) is 3.04. The predicted molar refractivity (Wildman–Crippen MR) is 122 cm³/mol. The molecule has 166 valence electrons. The Bertz CT molecular complexity index is 514. The van der Waals surface area contributed by atoms with E-state index >= 15 is 0 Å². The standard InChI is InChI=1S/C26H44O3/c1-4-5-6-7-8-9-10-11-12-13-14-15-16-20-23-26(29-3,25(27)28-2)24-21-18-17-19-22-24/h17-19,21-22H,4-16,20,23H2,1-3H3. The Hall–Kier alpha value is -1.35. The lowest BCUT2D eigenvalue weighted by molar-refractivity contribution is -0.169. The first-order chi connectivity index (χ1) is 14.2. The van der Waals surface area contributed by atoms with Crippen LogP contribution in [0.4, 0.5) is 0 Å². The summed E-state index contributed by atoms with van der Waals surface area (Å²) in [5, 5.41) is 0. The van der Waals surface area contributed by atoms with Gasteiger partial charge in [-0.15, -0.1) is 0 Å². The van der Waals surface area contributed by atoms with Gasteiger partial charge in [-0.1, -0.05) is 121 Å². The molecule has 0 fully saturated rings. The smallest absolute Gasteiger partial charge is 0.342 e. The van der Waals surface area contributed by atoms with Crippen molar-refractivity contribution in [3.05, 3.63) is 35.9 Å². The molecule has 0 radical (unpaired) electrons. The molecule has 0 aliphatic rings. The summed E-state index contributed by atoms with van der Waals surface area (Å²) in [5.74, 6) is -0.305. The molecular weight excluding hydrogens is 360 g/mol. The third-order valence-corrected chi connectivity index (χ3v) is 5.99. The molecule has 0 bridgehead atoms. The summed E-state index contributed by atoms with van der Waals surface area (Å²) in [4.78, 5) is 12.5. The second-order valence-electron chi connectivity index (χ2n) is 8.23. The van der Waals surface area contributed by atoms with E-state index < -0.39 is 5.60 Å². The molecule has 0 aromatic heterocycles. The fraction of sp³-hybridized carbons (Fsp3) is 0.731. The first kappa shape index (κ1) is 25.7. The Morgan fingerprint density at radius 3 is 1.59 bits per heavy atom. The maximum absolute atomic E-state index is 12.5. The highest BCUT2D eigenvalue weighted by atomic mass is 16.6. The van der Waals surface area contributed by atoms with Gasteiger partial charge in [-0.3, -0.25) is 0 Å². The number of carbonyl (C=O) groups is 1. The van der Waals surface area contributed by atoms with Gasteiger partial charge in [-0.25, -0.2) is 4.79 Å². The van der Waals surface area contributed by atoms with Crippen LogP contribution in [0, 0.1) is 0 Å². The number of carbonyl (C=O) groups excluding carboxylic acids is 1. The Balaban J connectivity index is 2.16. The van der Waals surface area contributed by atoms with E-state index in [0.29, 0.717) is 6.42 Å². The van der Waals surface area contributed by atoms with E-state index in [-0.39, 0.29) is 5.97 Å². The summed E-state index contributed by atoms with van der Waals surface area (Å²) < 4.78 is 10.8. The third kappa shape index (κ3) is 9.80. The maximum atomic E-state index is 12.5. The van der Waals surface area contributed by atoms with Gasteiger partial charge in [-0.05, 0) is 18.4 Å². The number of rotatable bonds is 18. The zero-order chi connectivity index (χ0) is 21.2.